The molecule has 1 unspecified atom stereocenters. The molecule has 4 N–H and O–H groups in total. The van der Waals surface area contributed by atoms with Crippen molar-refractivity contribution in [1.29, 1.82) is 0 Å². The minimum atomic E-state index is -1.01. The van der Waals surface area contributed by atoms with Crippen LogP contribution in [0, 0.1) is 23.2 Å². The van der Waals surface area contributed by atoms with Gasteiger partial charge in [-0.3, -0.25) is 33.8 Å². The molecule has 0 spiro atoms. The molecule has 2 heterocycles. The molecule has 1 aromatic rings. The summed E-state index contributed by atoms with van der Waals surface area (Å²) < 4.78 is 0. The fourth-order valence-electron chi connectivity index (χ4n) is 7.38. The third-order valence-electron chi connectivity index (χ3n) is 10.3. The van der Waals surface area contributed by atoms with Crippen molar-refractivity contribution < 1.29 is 28.8 Å². The molecule has 2 saturated carbocycles. The van der Waals surface area contributed by atoms with E-state index in [1.807, 2.05) is 27.7 Å². The zero-order valence-electron chi connectivity index (χ0n) is 31.3. The van der Waals surface area contributed by atoms with E-state index in [-0.39, 0.29) is 23.6 Å². The van der Waals surface area contributed by atoms with Crippen LogP contribution in [0.25, 0.3) is 0 Å². The Kier molecular flexibility index (Phi) is 14.1. The lowest BCUT2D eigenvalue weighted by Gasteiger charge is -2.37. The highest BCUT2D eigenvalue weighted by molar-refractivity contribution is 6.38. The van der Waals surface area contributed by atoms with E-state index in [1.165, 1.54) is 18.6 Å². The molecule has 13 nitrogen and oxygen atoms in total. The number of amides is 5. The topological polar surface area (TPSA) is 180 Å². The number of aromatic nitrogens is 2. The fraction of sp³-hybridized carbons (Fsp3) is 0.737. The molecular formula is C38H59N7O6. The summed E-state index contributed by atoms with van der Waals surface area (Å²) in [5.74, 6) is -2.97. The summed E-state index contributed by atoms with van der Waals surface area (Å²) in [5.41, 5.74) is -0.659. The maximum Gasteiger partial charge on any atom is 0.289 e. The van der Waals surface area contributed by atoms with E-state index >= 15 is 0 Å². The molecule has 5 atom stereocenters. The van der Waals surface area contributed by atoms with E-state index in [2.05, 4.69) is 45.1 Å². The summed E-state index contributed by atoms with van der Waals surface area (Å²) in [6, 6.07) is -3.77. The summed E-state index contributed by atoms with van der Waals surface area (Å²) in [5, 5.41) is 11.5. The van der Waals surface area contributed by atoms with Gasteiger partial charge in [0.2, 0.25) is 23.5 Å². The van der Waals surface area contributed by atoms with Crippen molar-refractivity contribution in [2.45, 2.75) is 149 Å². The Labute approximate surface area is 302 Å². The van der Waals surface area contributed by atoms with Gasteiger partial charge in [0.1, 0.15) is 23.8 Å². The van der Waals surface area contributed by atoms with Gasteiger partial charge in [0.05, 0.1) is 12.2 Å². The summed E-state index contributed by atoms with van der Waals surface area (Å²) in [6.45, 7) is 12.1. The van der Waals surface area contributed by atoms with Gasteiger partial charge in [-0.2, -0.15) is 0 Å². The number of hydrogen-bond donors (Lipinski definition) is 4. The predicted molar refractivity (Wildman–Crippen MR) is 192 cm³/mol. The van der Waals surface area contributed by atoms with Crippen molar-refractivity contribution in [1.82, 2.24) is 36.1 Å². The van der Waals surface area contributed by atoms with Crippen molar-refractivity contribution in [3.63, 3.8) is 0 Å². The molecule has 3 fully saturated rings. The number of carbonyl (C=O) groups excluding carboxylic acids is 6. The number of unbranched alkanes of at least 4 members (excludes halogenated alkanes) is 1. The van der Waals surface area contributed by atoms with Crippen LogP contribution in [0.3, 0.4) is 0 Å². The highest BCUT2D eigenvalue weighted by atomic mass is 16.2. The minimum Gasteiger partial charge on any atom is -0.347 e. The van der Waals surface area contributed by atoms with Crippen LogP contribution in [0.15, 0.2) is 18.6 Å². The molecule has 1 aromatic heterocycles. The number of carbonyl (C=O) groups is 6. The Balaban J connectivity index is 1.57. The first kappa shape index (κ1) is 39.9. The zero-order chi connectivity index (χ0) is 37.3. The minimum absolute atomic E-state index is 0.00583. The highest BCUT2D eigenvalue weighted by Gasteiger charge is 2.46. The summed E-state index contributed by atoms with van der Waals surface area (Å²) in [4.78, 5) is 91.7. The number of ketones is 1. The van der Waals surface area contributed by atoms with Gasteiger partial charge >= 0.3 is 0 Å². The Morgan fingerprint density at radius 3 is 2.24 bits per heavy atom. The van der Waals surface area contributed by atoms with Gasteiger partial charge in [0, 0.05) is 25.0 Å². The van der Waals surface area contributed by atoms with E-state index in [1.54, 1.807) is 4.90 Å². The molecular weight excluding hydrogens is 650 g/mol. The number of nitrogens with one attached hydrogen (secondary N) is 4. The molecule has 0 radical (unpaired) electrons. The second-order valence-electron chi connectivity index (χ2n) is 16.3. The molecule has 5 amide bonds. The molecule has 51 heavy (non-hydrogen) atoms. The molecule has 4 rings (SSSR count). The second-order valence-corrected chi connectivity index (χ2v) is 16.3. The number of rotatable bonds is 16. The van der Waals surface area contributed by atoms with Crippen molar-refractivity contribution in [2.24, 2.45) is 23.2 Å². The van der Waals surface area contributed by atoms with Crippen LogP contribution >= 0.6 is 0 Å². The average molecular weight is 710 g/mol. The van der Waals surface area contributed by atoms with Gasteiger partial charge in [-0.25, -0.2) is 4.98 Å². The molecule has 1 saturated heterocycles. The van der Waals surface area contributed by atoms with E-state index in [0.717, 1.165) is 57.8 Å². The summed E-state index contributed by atoms with van der Waals surface area (Å²) in [6.07, 6.45) is 13.3. The van der Waals surface area contributed by atoms with Gasteiger partial charge in [0.25, 0.3) is 11.8 Å². The van der Waals surface area contributed by atoms with Crippen LogP contribution in [0.5, 0.6) is 0 Å². The number of likely N-dealkylation sites (tertiary alicyclic amines) is 1. The lowest BCUT2D eigenvalue weighted by molar-refractivity contribution is -0.145. The lowest BCUT2D eigenvalue weighted by Crippen LogP contribution is -2.62. The van der Waals surface area contributed by atoms with E-state index in [4.69, 9.17) is 0 Å². The first-order valence-corrected chi connectivity index (χ1v) is 19.0. The van der Waals surface area contributed by atoms with Crippen LogP contribution in [0.2, 0.25) is 0 Å². The molecule has 282 valence electrons. The Morgan fingerprint density at radius 1 is 0.941 bits per heavy atom. The van der Waals surface area contributed by atoms with E-state index in [0.29, 0.717) is 31.7 Å². The number of nitrogens with zero attached hydrogens (tertiary/aromatic N) is 3. The quantitative estimate of drug-likeness (QED) is 0.189. The third kappa shape index (κ3) is 11.3. The Morgan fingerprint density at radius 2 is 1.65 bits per heavy atom. The van der Waals surface area contributed by atoms with Crippen molar-refractivity contribution in [3.8, 4) is 0 Å². The van der Waals surface area contributed by atoms with Crippen LogP contribution in [-0.2, 0) is 24.0 Å². The molecule has 13 heteroatoms. The standard InChI is InChI=1S/C38H59N7O6/c1-7-8-14-27(31(46)36(50)41-26-15-16-26)42-34(48)29-20-24(19-23(2)3)22-45(29)37(51)32(38(4,5)6)44-35(49)30(25-12-10-9-11-13-25)43-33(47)28-21-39-17-18-40-28/h17-18,21,23-27,29-30,32H,7-16,19-20,22H2,1-6H3,(H,41,50)(H,42,48)(H,43,47)(H,44,49)/t24-,27?,29+,30+,32-/m1/s1. The average Bonchev–Trinajstić information content (AvgIpc) is 3.82. The van der Waals surface area contributed by atoms with Crippen LogP contribution in [-0.4, -0.2) is 86.9 Å². The normalized spacial score (nSPS) is 21.4. The fourth-order valence-corrected chi connectivity index (χ4v) is 7.38. The molecule has 0 bridgehead atoms. The molecule has 1 aliphatic heterocycles. The van der Waals surface area contributed by atoms with Gasteiger partial charge < -0.3 is 26.2 Å². The lowest BCUT2D eigenvalue weighted by atomic mass is 9.82. The predicted octanol–water partition coefficient (Wildman–Crippen LogP) is 3.47. The van der Waals surface area contributed by atoms with Crippen molar-refractivity contribution >= 4 is 35.3 Å². The number of hydrogen-bond acceptors (Lipinski definition) is 8. The van der Waals surface area contributed by atoms with Gasteiger partial charge in [-0.1, -0.05) is 73.6 Å². The zero-order valence-corrected chi connectivity index (χ0v) is 31.3. The van der Waals surface area contributed by atoms with Gasteiger partial charge in [0.15, 0.2) is 0 Å². The summed E-state index contributed by atoms with van der Waals surface area (Å²) in [7, 11) is 0. The maximum atomic E-state index is 14.6. The van der Waals surface area contributed by atoms with E-state index in [9.17, 15) is 28.8 Å². The van der Waals surface area contributed by atoms with Crippen molar-refractivity contribution in [3.05, 3.63) is 24.3 Å². The summed E-state index contributed by atoms with van der Waals surface area (Å²) >= 11 is 0. The smallest absolute Gasteiger partial charge is 0.289 e. The first-order valence-electron chi connectivity index (χ1n) is 19.0. The van der Waals surface area contributed by atoms with Crippen LogP contribution < -0.4 is 21.3 Å². The van der Waals surface area contributed by atoms with Crippen molar-refractivity contribution in [2.75, 3.05) is 6.54 Å². The number of Topliss-reactive ketones (excluding diaryl/α,β-unsaturated/α-hetero) is 1. The second kappa shape index (κ2) is 18.0. The Bertz CT molecular complexity index is 1390. The van der Waals surface area contributed by atoms with E-state index < -0.39 is 64.9 Å². The highest BCUT2D eigenvalue weighted by Crippen LogP contribution is 2.33. The largest absolute Gasteiger partial charge is 0.347 e. The molecule has 3 aliphatic rings. The van der Waals surface area contributed by atoms with Gasteiger partial charge in [-0.05, 0) is 68.1 Å². The Hall–Kier alpha value is -3.90. The van der Waals surface area contributed by atoms with Crippen LogP contribution in [0.4, 0.5) is 0 Å². The SMILES string of the molecule is CCCCC(NC(=O)[C@@H]1C[C@@H](CC(C)C)CN1C(=O)[C@@H](NC(=O)[C@@H](NC(=O)c1cnccn1)C1CCCCC1)C(C)(C)C)C(=O)C(=O)NC1CC1. The van der Waals surface area contributed by atoms with Gasteiger partial charge in [-0.15, -0.1) is 0 Å². The monoisotopic (exact) mass is 709 g/mol. The van der Waals surface area contributed by atoms with Crippen LogP contribution in [0.1, 0.15) is 129 Å². The first-order chi connectivity index (χ1) is 24.2. The third-order valence-corrected chi connectivity index (χ3v) is 10.3. The molecule has 0 aromatic carbocycles. The molecule has 2 aliphatic carbocycles. The maximum absolute atomic E-state index is 14.6.